The fourth-order valence-electron chi connectivity index (χ4n) is 0.697. The summed E-state index contributed by atoms with van der Waals surface area (Å²) in [5.41, 5.74) is 0.278. The third kappa shape index (κ3) is 2.63. The monoisotopic (exact) mass is 225 g/mol. The molecule has 3 nitrogen and oxygen atoms in total. The van der Waals surface area contributed by atoms with Crippen molar-refractivity contribution >= 4 is 29.1 Å². The molecule has 0 aliphatic carbocycles. The number of rotatable bonds is 3. The number of aryl methyl sites for hydroxylation is 1. The Balaban J connectivity index is 2.89. The molecule has 72 valence electrons. The van der Waals surface area contributed by atoms with Crippen LogP contribution in [0.25, 0.3) is 0 Å². The lowest BCUT2D eigenvalue weighted by Crippen LogP contribution is -1.94. The molecule has 1 aromatic heterocycles. The number of carboxylic acid groups (broad SMARTS) is 1. The van der Waals surface area contributed by atoms with E-state index in [9.17, 15) is 13.6 Å². The third-order valence-corrected chi connectivity index (χ3v) is 3.11. The van der Waals surface area contributed by atoms with E-state index in [0.717, 1.165) is 11.3 Å². The number of nitrogens with zero attached hydrogens (tertiary/aromatic N) is 1. The Hall–Kier alpha value is -0.690. The molecule has 0 amide bonds. The van der Waals surface area contributed by atoms with Crippen LogP contribution in [-0.4, -0.2) is 21.8 Å². The minimum absolute atomic E-state index is 0.0168. The van der Waals surface area contributed by atoms with Gasteiger partial charge in [-0.15, -0.1) is 11.3 Å². The normalized spacial score (nSPS) is 10.8. The van der Waals surface area contributed by atoms with Crippen molar-refractivity contribution in [1.29, 1.82) is 0 Å². The molecule has 0 aliphatic rings. The summed E-state index contributed by atoms with van der Waals surface area (Å²) in [7, 11) is 0. The summed E-state index contributed by atoms with van der Waals surface area (Å²) in [5, 5.41) is 8.59. The first-order valence-corrected chi connectivity index (χ1v) is 4.86. The molecular weight excluding hydrogens is 220 g/mol. The molecule has 0 atom stereocenters. The highest BCUT2D eigenvalue weighted by Gasteiger charge is 2.16. The van der Waals surface area contributed by atoms with Crippen LogP contribution >= 0.6 is 23.1 Å². The summed E-state index contributed by atoms with van der Waals surface area (Å²) in [6, 6.07) is 0. The lowest BCUT2D eigenvalue weighted by molar-refractivity contribution is 0.0701. The van der Waals surface area contributed by atoms with Crippen LogP contribution in [0.2, 0.25) is 0 Å². The van der Waals surface area contributed by atoms with Crippen molar-refractivity contribution in [1.82, 2.24) is 4.98 Å². The fraction of sp³-hybridized carbons (Fsp3) is 0.333. The second kappa shape index (κ2) is 4.01. The molecule has 0 radical (unpaired) electrons. The standard InChI is InChI=1S/C6H5F2NO2S2/c1-2-3(4(10)11)12-6(9-2)13-5(7)8/h5H,1H3,(H,10,11). The van der Waals surface area contributed by atoms with Crippen LogP contribution in [0.3, 0.4) is 0 Å². The summed E-state index contributed by atoms with van der Waals surface area (Å²) in [6.07, 6.45) is 0. The van der Waals surface area contributed by atoms with Crippen molar-refractivity contribution in [2.24, 2.45) is 0 Å². The van der Waals surface area contributed by atoms with Gasteiger partial charge in [0, 0.05) is 0 Å². The molecular formula is C6H5F2NO2S2. The fourth-order valence-corrected chi connectivity index (χ4v) is 2.34. The van der Waals surface area contributed by atoms with Crippen molar-refractivity contribution in [3.63, 3.8) is 0 Å². The van der Waals surface area contributed by atoms with Gasteiger partial charge in [-0.2, -0.15) is 8.78 Å². The van der Waals surface area contributed by atoms with Crippen LogP contribution in [0.1, 0.15) is 15.4 Å². The molecule has 13 heavy (non-hydrogen) atoms. The van der Waals surface area contributed by atoms with E-state index in [4.69, 9.17) is 5.11 Å². The van der Waals surface area contributed by atoms with E-state index in [1.807, 2.05) is 0 Å². The molecule has 0 unspecified atom stereocenters. The van der Waals surface area contributed by atoms with Crippen molar-refractivity contribution in [2.45, 2.75) is 17.0 Å². The maximum absolute atomic E-state index is 11.8. The second-order valence-corrected chi connectivity index (χ2v) is 4.31. The number of carbonyl (C=O) groups is 1. The van der Waals surface area contributed by atoms with Gasteiger partial charge in [-0.1, -0.05) is 0 Å². The average Bonchev–Trinajstić information content (AvgIpc) is 2.29. The van der Waals surface area contributed by atoms with Gasteiger partial charge in [0.1, 0.15) is 4.88 Å². The zero-order valence-corrected chi connectivity index (χ0v) is 8.09. The lowest BCUT2D eigenvalue weighted by Gasteiger charge is -1.90. The first kappa shape index (κ1) is 10.4. The molecule has 0 saturated heterocycles. The van der Waals surface area contributed by atoms with Gasteiger partial charge in [0.15, 0.2) is 4.34 Å². The van der Waals surface area contributed by atoms with Crippen LogP contribution in [0, 0.1) is 6.92 Å². The molecule has 0 fully saturated rings. The minimum atomic E-state index is -2.56. The molecule has 0 aromatic carbocycles. The van der Waals surface area contributed by atoms with E-state index in [1.165, 1.54) is 6.92 Å². The predicted octanol–water partition coefficient (Wildman–Crippen LogP) is 2.46. The van der Waals surface area contributed by atoms with E-state index < -0.39 is 11.7 Å². The maximum atomic E-state index is 11.8. The molecule has 1 aromatic rings. The quantitative estimate of drug-likeness (QED) is 0.803. The van der Waals surface area contributed by atoms with Crippen molar-refractivity contribution in [3.05, 3.63) is 10.6 Å². The van der Waals surface area contributed by atoms with Crippen LogP contribution in [0.5, 0.6) is 0 Å². The number of aromatic nitrogens is 1. The Kier molecular flexibility index (Phi) is 3.21. The first-order chi connectivity index (χ1) is 6.00. The molecule has 1 heterocycles. The Labute approximate surface area is 80.8 Å². The van der Waals surface area contributed by atoms with Gasteiger partial charge < -0.3 is 5.11 Å². The van der Waals surface area contributed by atoms with Gasteiger partial charge in [-0.05, 0) is 18.7 Å². The first-order valence-electron chi connectivity index (χ1n) is 3.16. The van der Waals surface area contributed by atoms with E-state index >= 15 is 0 Å². The molecule has 0 saturated carbocycles. The summed E-state index contributed by atoms with van der Waals surface area (Å²) < 4.78 is 23.8. The van der Waals surface area contributed by atoms with E-state index in [0.29, 0.717) is 0 Å². The summed E-state index contributed by atoms with van der Waals surface area (Å²) in [5.74, 6) is -3.69. The zero-order chi connectivity index (χ0) is 10.0. The molecule has 1 rings (SSSR count). The molecule has 0 bridgehead atoms. The van der Waals surface area contributed by atoms with Gasteiger partial charge in [0.2, 0.25) is 0 Å². The number of thioether (sulfide) groups is 1. The number of thiazole rings is 1. The number of aromatic carboxylic acids is 1. The van der Waals surface area contributed by atoms with Gasteiger partial charge in [0.05, 0.1) is 5.69 Å². The lowest BCUT2D eigenvalue weighted by atomic mass is 10.4. The van der Waals surface area contributed by atoms with Gasteiger partial charge in [-0.3, -0.25) is 0 Å². The Morgan fingerprint density at radius 3 is 2.69 bits per heavy atom. The van der Waals surface area contributed by atoms with Crippen molar-refractivity contribution in [3.8, 4) is 0 Å². The number of hydrogen-bond acceptors (Lipinski definition) is 4. The molecule has 0 spiro atoms. The predicted molar refractivity (Wildman–Crippen MR) is 45.7 cm³/mol. The van der Waals surface area contributed by atoms with Crippen LogP contribution in [0.4, 0.5) is 8.78 Å². The Morgan fingerprint density at radius 2 is 2.31 bits per heavy atom. The van der Waals surface area contributed by atoms with Crippen LogP contribution < -0.4 is 0 Å². The van der Waals surface area contributed by atoms with E-state index in [1.54, 1.807) is 0 Å². The molecule has 7 heteroatoms. The highest BCUT2D eigenvalue weighted by atomic mass is 32.2. The van der Waals surface area contributed by atoms with Gasteiger partial charge in [0.25, 0.3) is 5.76 Å². The molecule has 0 aliphatic heterocycles. The summed E-state index contributed by atoms with van der Waals surface area (Å²) in [6.45, 7) is 1.48. The zero-order valence-electron chi connectivity index (χ0n) is 6.45. The third-order valence-electron chi connectivity index (χ3n) is 1.16. The summed E-state index contributed by atoms with van der Waals surface area (Å²) >= 11 is 1.03. The SMILES string of the molecule is Cc1nc(SC(F)F)sc1C(=O)O. The maximum Gasteiger partial charge on any atom is 0.347 e. The van der Waals surface area contributed by atoms with Crippen molar-refractivity contribution in [2.75, 3.05) is 0 Å². The Bertz CT molecular complexity index is 326. The highest BCUT2D eigenvalue weighted by molar-refractivity contribution is 8.01. The second-order valence-electron chi connectivity index (χ2n) is 2.08. The minimum Gasteiger partial charge on any atom is -0.477 e. The number of carboxylic acids is 1. The number of alkyl halides is 2. The largest absolute Gasteiger partial charge is 0.477 e. The van der Waals surface area contributed by atoms with Gasteiger partial charge >= 0.3 is 5.97 Å². The van der Waals surface area contributed by atoms with Crippen LogP contribution in [-0.2, 0) is 0 Å². The number of hydrogen-bond donors (Lipinski definition) is 1. The average molecular weight is 225 g/mol. The highest BCUT2D eigenvalue weighted by Crippen LogP contribution is 2.31. The van der Waals surface area contributed by atoms with E-state index in [-0.39, 0.29) is 26.7 Å². The number of halogens is 2. The van der Waals surface area contributed by atoms with Crippen molar-refractivity contribution < 1.29 is 18.7 Å². The topological polar surface area (TPSA) is 50.2 Å². The summed E-state index contributed by atoms with van der Waals surface area (Å²) in [4.78, 5) is 14.2. The Morgan fingerprint density at radius 1 is 1.69 bits per heavy atom. The van der Waals surface area contributed by atoms with Gasteiger partial charge in [-0.25, -0.2) is 9.78 Å². The smallest absolute Gasteiger partial charge is 0.347 e. The molecule has 1 N–H and O–H groups in total. The van der Waals surface area contributed by atoms with E-state index in [2.05, 4.69) is 4.98 Å². The van der Waals surface area contributed by atoms with Crippen LogP contribution in [0.15, 0.2) is 4.34 Å².